The van der Waals surface area contributed by atoms with Crippen molar-refractivity contribution >= 4 is 23.1 Å². The molecule has 2 aromatic rings. The number of aromatic nitrogens is 2. The standard InChI is InChI=1S/C15H17ClN4/c1-11-17-8-6-15(18-11)19-13-7-9-20(10-13)14-4-2-12(16)3-5-14/h2-6,8,13H,7,9-10H2,1H3,(H,17,18,19). The van der Waals surface area contributed by atoms with Gasteiger partial charge in [0.05, 0.1) is 0 Å². The number of hydrogen-bond donors (Lipinski definition) is 1. The van der Waals surface area contributed by atoms with Gasteiger partial charge in [0.1, 0.15) is 11.6 Å². The summed E-state index contributed by atoms with van der Waals surface area (Å²) in [5.41, 5.74) is 1.22. The molecule has 1 atom stereocenters. The third-order valence-electron chi connectivity index (χ3n) is 3.51. The fourth-order valence-electron chi connectivity index (χ4n) is 2.51. The third kappa shape index (κ3) is 3.02. The van der Waals surface area contributed by atoms with E-state index in [1.807, 2.05) is 25.1 Å². The molecule has 20 heavy (non-hydrogen) atoms. The van der Waals surface area contributed by atoms with Crippen LogP contribution in [0.15, 0.2) is 36.5 Å². The Balaban J connectivity index is 1.63. The molecule has 1 aromatic heterocycles. The third-order valence-corrected chi connectivity index (χ3v) is 3.76. The van der Waals surface area contributed by atoms with E-state index in [1.165, 1.54) is 5.69 Å². The smallest absolute Gasteiger partial charge is 0.129 e. The lowest BCUT2D eigenvalue weighted by Crippen LogP contribution is -2.26. The second kappa shape index (κ2) is 5.67. The van der Waals surface area contributed by atoms with Crippen LogP contribution >= 0.6 is 11.6 Å². The summed E-state index contributed by atoms with van der Waals surface area (Å²) < 4.78 is 0. The average molecular weight is 289 g/mol. The Bertz CT molecular complexity index is 585. The van der Waals surface area contributed by atoms with Crippen LogP contribution in [0, 0.1) is 6.92 Å². The van der Waals surface area contributed by atoms with Crippen molar-refractivity contribution in [2.45, 2.75) is 19.4 Å². The summed E-state index contributed by atoms with van der Waals surface area (Å²) in [5.74, 6) is 1.70. The molecule has 1 aromatic carbocycles. The maximum atomic E-state index is 5.92. The molecule has 1 N–H and O–H groups in total. The van der Waals surface area contributed by atoms with Crippen LogP contribution in [-0.2, 0) is 0 Å². The lowest BCUT2D eigenvalue weighted by Gasteiger charge is -2.19. The first-order chi connectivity index (χ1) is 9.70. The molecule has 4 nitrogen and oxygen atoms in total. The van der Waals surface area contributed by atoms with Gasteiger partial charge in [0.15, 0.2) is 0 Å². The van der Waals surface area contributed by atoms with E-state index < -0.39 is 0 Å². The monoisotopic (exact) mass is 288 g/mol. The molecule has 104 valence electrons. The van der Waals surface area contributed by atoms with E-state index in [1.54, 1.807) is 6.20 Å². The Hall–Kier alpha value is -1.81. The molecule has 2 heterocycles. The van der Waals surface area contributed by atoms with E-state index in [-0.39, 0.29) is 0 Å². The van der Waals surface area contributed by atoms with E-state index in [9.17, 15) is 0 Å². The summed E-state index contributed by atoms with van der Waals surface area (Å²) in [6.07, 6.45) is 2.89. The summed E-state index contributed by atoms with van der Waals surface area (Å²) in [6.45, 7) is 3.92. The predicted molar refractivity (Wildman–Crippen MR) is 82.5 cm³/mol. The van der Waals surface area contributed by atoms with Crippen molar-refractivity contribution in [1.29, 1.82) is 0 Å². The minimum atomic E-state index is 0.417. The fraction of sp³-hybridized carbons (Fsp3) is 0.333. The van der Waals surface area contributed by atoms with Gasteiger partial charge < -0.3 is 10.2 Å². The highest BCUT2D eigenvalue weighted by atomic mass is 35.5. The molecular formula is C15H17ClN4. The number of benzene rings is 1. The summed E-state index contributed by atoms with van der Waals surface area (Å²) in [7, 11) is 0. The summed E-state index contributed by atoms with van der Waals surface area (Å²) in [6, 6.07) is 10.3. The fourth-order valence-corrected chi connectivity index (χ4v) is 2.64. The van der Waals surface area contributed by atoms with Crippen LogP contribution in [0.4, 0.5) is 11.5 Å². The highest BCUT2D eigenvalue weighted by molar-refractivity contribution is 6.30. The summed E-state index contributed by atoms with van der Waals surface area (Å²) in [4.78, 5) is 10.9. The molecular weight excluding hydrogens is 272 g/mol. The van der Waals surface area contributed by atoms with Gasteiger partial charge in [0, 0.05) is 36.0 Å². The first-order valence-electron chi connectivity index (χ1n) is 6.77. The van der Waals surface area contributed by atoms with E-state index in [2.05, 4.69) is 32.3 Å². The van der Waals surface area contributed by atoms with Crippen molar-refractivity contribution in [3.8, 4) is 0 Å². The molecule has 0 aliphatic carbocycles. The molecule has 0 amide bonds. The van der Waals surface area contributed by atoms with Crippen LogP contribution in [0.3, 0.4) is 0 Å². The molecule has 1 aliphatic rings. The topological polar surface area (TPSA) is 41.1 Å². The van der Waals surface area contributed by atoms with Gasteiger partial charge in [0.25, 0.3) is 0 Å². The Morgan fingerprint density at radius 2 is 2.05 bits per heavy atom. The van der Waals surface area contributed by atoms with E-state index in [0.29, 0.717) is 6.04 Å². The van der Waals surface area contributed by atoms with Gasteiger partial charge in [-0.05, 0) is 43.7 Å². The molecule has 0 spiro atoms. The van der Waals surface area contributed by atoms with Crippen LogP contribution in [0.25, 0.3) is 0 Å². The molecule has 0 saturated carbocycles. The average Bonchev–Trinajstić information content (AvgIpc) is 2.88. The maximum Gasteiger partial charge on any atom is 0.129 e. The lowest BCUT2D eigenvalue weighted by molar-refractivity contribution is 0.797. The number of rotatable bonds is 3. The van der Waals surface area contributed by atoms with Gasteiger partial charge in [-0.2, -0.15) is 0 Å². The first-order valence-corrected chi connectivity index (χ1v) is 7.15. The van der Waals surface area contributed by atoms with Crippen molar-refractivity contribution in [3.05, 3.63) is 47.4 Å². The van der Waals surface area contributed by atoms with Crippen molar-refractivity contribution < 1.29 is 0 Å². The molecule has 1 fully saturated rings. The van der Waals surface area contributed by atoms with Crippen LogP contribution < -0.4 is 10.2 Å². The van der Waals surface area contributed by atoms with Gasteiger partial charge in [0.2, 0.25) is 0 Å². The lowest BCUT2D eigenvalue weighted by atomic mass is 10.2. The Morgan fingerprint density at radius 1 is 1.25 bits per heavy atom. The second-order valence-corrected chi connectivity index (χ2v) is 5.48. The van der Waals surface area contributed by atoms with E-state index >= 15 is 0 Å². The summed E-state index contributed by atoms with van der Waals surface area (Å²) in [5, 5.41) is 4.25. The Labute approximate surface area is 123 Å². The summed E-state index contributed by atoms with van der Waals surface area (Å²) >= 11 is 5.92. The maximum absolute atomic E-state index is 5.92. The normalized spacial score (nSPS) is 18.3. The van der Waals surface area contributed by atoms with Crippen molar-refractivity contribution in [1.82, 2.24) is 9.97 Å². The van der Waals surface area contributed by atoms with Gasteiger partial charge >= 0.3 is 0 Å². The zero-order valence-electron chi connectivity index (χ0n) is 11.4. The van der Waals surface area contributed by atoms with Gasteiger partial charge in [-0.3, -0.25) is 0 Å². The SMILES string of the molecule is Cc1nccc(NC2CCN(c3ccc(Cl)cc3)C2)n1. The molecule has 0 bridgehead atoms. The zero-order chi connectivity index (χ0) is 13.9. The van der Waals surface area contributed by atoms with Gasteiger partial charge in [-0.1, -0.05) is 11.6 Å². The number of hydrogen-bond acceptors (Lipinski definition) is 4. The highest BCUT2D eigenvalue weighted by Gasteiger charge is 2.22. The quantitative estimate of drug-likeness (QED) is 0.942. The minimum absolute atomic E-state index is 0.417. The molecule has 1 saturated heterocycles. The number of halogens is 1. The van der Waals surface area contributed by atoms with Crippen LogP contribution in [0.2, 0.25) is 5.02 Å². The molecule has 3 rings (SSSR count). The largest absolute Gasteiger partial charge is 0.369 e. The van der Waals surface area contributed by atoms with Gasteiger partial charge in [-0.15, -0.1) is 0 Å². The Kier molecular flexibility index (Phi) is 3.74. The minimum Gasteiger partial charge on any atom is -0.369 e. The molecule has 1 aliphatic heterocycles. The first kappa shape index (κ1) is 13.2. The van der Waals surface area contributed by atoms with Gasteiger partial charge in [-0.25, -0.2) is 9.97 Å². The van der Waals surface area contributed by atoms with Crippen molar-refractivity contribution in [2.24, 2.45) is 0 Å². The Morgan fingerprint density at radius 3 is 2.80 bits per heavy atom. The number of nitrogens with zero attached hydrogens (tertiary/aromatic N) is 3. The molecule has 0 radical (unpaired) electrons. The predicted octanol–water partition coefficient (Wildman–Crippen LogP) is 3.13. The highest BCUT2D eigenvalue weighted by Crippen LogP contribution is 2.23. The number of aryl methyl sites for hydroxylation is 1. The number of nitrogens with one attached hydrogen (secondary N) is 1. The van der Waals surface area contributed by atoms with Crippen molar-refractivity contribution in [2.75, 3.05) is 23.3 Å². The number of anilines is 2. The van der Waals surface area contributed by atoms with Crippen LogP contribution in [-0.4, -0.2) is 29.1 Å². The van der Waals surface area contributed by atoms with Crippen LogP contribution in [0.1, 0.15) is 12.2 Å². The van der Waals surface area contributed by atoms with Crippen LogP contribution in [0.5, 0.6) is 0 Å². The second-order valence-electron chi connectivity index (χ2n) is 5.04. The zero-order valence-corrected chi connectivity index (χ0v) is 12.1. The molecule has 5 heteroatoms. The van der Waals surface area contributed by atoms with E-state index in [0.717, 1.165) is 36.2 Å². The van der Waals surface area contributed by atoms with Crippen molar-refractivity contribution in [3.63, 3.8) is 0 Å². The van der Waals surface area contributed by atoms with E-state index in [4.69, 9.17) is 11.6 Å². The molecule has 1 unspecified atom stereocenters.